The molecule has 0 spiro atoms. The molecule has 0 aromatic heterocycles. The Morgan fingerprint density at radius 3 is 1.62 bits per heavy atom. The van der Waals surface area contributed by atoms with Gasteiger partial charge >= 0.3 is 0 Å². The summed E-state index contributed by atoms with van der Waals surface area (Å²) >= 11 is 0. The topological polar surface area (TPSA) is 32.3 Å². The molecule has 0 aromatic carbocycles. The van der Waals surface area contributed by atoms with Gasteiger partial charge in [0.25, 0.3) is 5.91 Å². The van der Waals surface area contributed by atoms with Crippen LogP contribution in [0.3, 0.4) is 0 Å². The summed E-state index contributed by atoms with van der Waals surface area (Å²) in [5.74, 6) is 0.194. The first-order chi connectivity index (χ1) is 13.9. The summed E-state index contributed by atoms with van der Waals surface area (Å²) in [6, 6.07) is 0. The van der Waals surface area contributed by atoms with Crippen LogP contribution in [0.15, 0.2) is 0 Å². The first kappa shape index (κ1) is 28.4. The Balaban J connectivity index is 3.44. The van der Waals surface area contributed by atoms with Gasteiger partial charge in [0.2, 0.25) is 0 Å². The molecule has 0 heterocycles. The fourth-order valence-corrected chi connectivity index (χ4v) is 3.88. The Bertz CT molecular complexity index is 369. The van der Waals surface area contributed by atoms with E-state index in [0.29, 0.717) is 6.54 Å². The molecule has 0 aromatic rings. The van der Waals surface area contributed by atoms with Crippen LogP contribution in [0.4, 0.5) is 0 Å². The lowest BCUT2D eigenvalue weighted by Crippen LogP contribution is -2.48. The summed E-state index contributed by atoms with van der Waals surface area (Å²) in [4.78, 5) is 14.3. The molecule has 1 N–H and O–H groups in total. The third-order valence-corrected chi connectivity index (χ3v) is 5.79. The largest absolute Gasteiger partial charge is 0.351 e. The number of hydrogen-bond acceptors (Lipinski definition) is 2. The first-order valence-corrected chi connectivity index (χ1v) is 12.6. The molecule has 0 aliphatic carbocycles. The van der Waals surface area contributed by atoms with Crippen molar-refractivity contribution in [2.45, 2.75) is 103 Å². The van der Waals surface area contributed by atoms with Gasteiger partial charge in [0.05, 0.1) is 20.6 Å². The number of quaternary nitrogens is 1. The zero-order chi connectivity index (χ0) is 21.8. The number of unbranched alkanes of at least 4 members (excludes halogenated alkanes) is 13. The minimum atomic E-state index is 0.194. The molecule has 0 fully saturated rings. The van der Waals surface area contributed by atoms with E-state index < -0.39 is 0 Å². The standard InChI is InChI=1S/C25H53N3O/c1-6-7-8-9-10-11-12-13-14-15-16-17-18-19-23-28(4,5)24-25(29)26-21-20-22-27(2)3/h6-24H2,1-5H3/p+1. The second-order valence-electron chi connectivity index (χ2n) is 9.92. The van der Waals surface area contributed by atoms with Crippen molar-refractivity contribution in [3.8, 4) is 0 Å². The van der Waals surface area contributed by atoms with Gasteiger partial charge in [-0.25, -0.2) is 0 Å². The van der Waals surface area contributed by atoms with Crippen molar-refractivity contribution in [3.05, 3.63) is 0 Å². The van der Waals surface area contributed by atoms with Crippen LogP contribution in [0.2, 0.25) is 0 Å². The van der Waals surface area contributed by atoms with E-state index in [1.165, 1.54) is 89.9 Å². The summed E-state index contributed by atoms with van der Waals surface area (Å²) in [5, 5.41) is 3.06. The third-order valence-electron chi connectivity index (χ3n) is 5.79. The molecule has 0 bridgehead atoms. The van der Waals surface area contributed by atoms with Crippen molar-refractivity contribution in [2.24, 2.45) is 0 Å². The maximum Gasteiger partial charge on any atom is 0.275 e. The average Bonchev–Trinajstić information content (AvgIpc) is 2.65. The predicted octanol–water partition coefficient (Wildman–Crippen LogP) is 5.61. The summed E-state index contributed by atoms with van der Waals surface area (Å²) in [7, 11) is 8.50. The second kappa shape index (κ2) is 19.4. The van der Waals surface area contributed by atoms with Crippen molar-refractivity contribution < 1.29 is 9.28 Å². The highest BCUT2D eigenvalue weighted by Gasteiger charge is 2.19. The molecule has 4 heteroatoms. The van der Waals surface area contributed by atoms with E-state index >= 15 is 0 Å². The fourth-order valence-electron chi connectivity index (χ4n) is 3.88. The Morgan fingerprint density at radius 2 is 1.17 bits per heavy atom. The molecule has 0 unspecified atom stereocenters. The molecule has 1 amide bonds. The predicted molar refractivity (Wildman–Crippen MR) is 128 cm³/mol. The molecule has 0 rings (SSSR count). The van der Waals surface area contributed by atoms with Gasteiger partial charge < -0.3 is 14.7 Å². The molecule has 0 saturated carbocycles. The molecule has 0 aliphatic rings. The number of amides is 1. The van der Waals surface area contributed by atoms with Crippen LogP contribution in [-0.4, -0.2) is 69.7 Å². The lowest BCUT2D eigenvalue weighted by Gasteiger charge is -2.29. The Kier molecular flexibility index (Phi) is 19.0. The van der Waals surface area contributed by atoms with E-state index in [-0.39, 0.29) is 5.91 Å². The molecule has 174 valence electrons. The Hall–Kier alpha value is -0.610. The fraction of sp³-hybridized carbons (Fsp3) is 0.960. The zero-order valence-electron chi connectivity index (χ0n) is 20.7. The lowest BCUT2D eigenvalue weighted by atomic mass is 10.0. The van der Waals surface area contributed by atoms with Gasteiger partial charge in [0, 0.05) is 6.54 Å². The summed E-state index contributed by atoms with van der Waals surface area (Å²) in [5.41, 5.74) is 0. The molecule has 0 saturated heterocycles. The highest BCUT2D eigenvalue weighted by atomic mass is 16.2. The smallest absolute Gasteiger partial charge is 0.275 e. The monoisotopic (exact) mass is 412 g/mol. The number of carbonyl (C=O) groups excluding carboxylic acids is 1. The number of nitrogens with one attached hydrogen (secondary N) is 1. The van der Waals surface area contributed by atoms with E-state index in [4.69, 9.17) is 0 Å². The van der Waals surface area contributed by atoms with Gasteiger partial charge in [0.1, 0.15) is 0 Å². The van der Waals surface area contributed by atoms with Crippen molar-refractivity contribution in [1.82, 2.24) is 10.2 Å². The van der Waals surface area contributed by atoms with Gasteiger partial charge in [-0.15, -0.1) is 0 Å². The van der Waals surface area contributed by atoms with Gasteiger partial charge in [-0.1, -0.05) is 84.0 Å². The maximum absolute atomic E-state index is 12.1. The summed E-state index contributed by atoms with van der Waals surface area (Å²) in [6.45, 7) is 5.80. The van der Waals surface area contributed by atoms with Gasteiger partial charge in [-0.3, -0.25) is 4.79 Å². The lowest BCUT2D eigenvalue weighted by molar-refractivity contribution is -0.882. The van der Waals surface area contributed by atoms with Crippen molar-refractivity contribution >= 4 is 5.91 Å². The molecule has 29 heavy (non-hydrogen) atoms. The van der Waals surface area contributed by atoms with Crippen molar-refractivity contribution in [3.63, 3.8) is 0 Å². The van der Waals surface area contributed by atoms with Crippen LogP contribution >= 0.6 is 0 Å². The normalized spacial score (nSPS) is 11.9. The van der Waals surface area contributed by atoms with Gasteiger partial charge in [-0.05, 0) is 39.9 Å². The minimum Gasteiger partial charge on any atom is -0.351 e. The Morgan fingerprint density at radius 1 is 0.724 bits per heavy atom. The Labute approximate surface area is 183 Å². The quantitative estimate of drug-likeness (QED) is 0.196. The van der Waals surface area contributed by atoms with Gasteiger partial charge in [-0.2, -0.15) is 0 Å². The van der Waals surface area contributed by atoms with Crippen LogP contribution in [0.25, 0.3) is 0 Å². The molecule has 0 aliphatic heterocycles. The number of rotatable bonds is 21. The van der Waals surface area contributed by atoms with E-state index in [2.05, 4.69) is 45.3 Å². The summed E-state index contributed by atoms with van der Waals surface area (Å²) in [6.07, 6.45) is 20.5. The molecule has 0 atom stereocenters. The van der Waals surface area contributed by atoms with Crippen LogP contribution in [-0.2, 0) is 4.79 Å². The average molecular weight is 413 g/mol. The number of likely N-dealkylation sites (N-methyl/N-ethyl adjacent to an activating group) is 1. The number of hydrogen-bond donors (Lipinski definition) is 1. The molecule has 0 radical (unpaired) electrons. The van der Waals surface area contributed by atoms with E-state index in [9.17, 15) is 4.79 Å². The van der Waals surface area contributed by atoms with E-state index in [1.807, 2.05) is 0 Å². The van der Waals surface area contributed by atoms with Crippen LogP contribution in [0.5, 0.6) is 0 Å². The third kappa shape index (κ3) is 21.9. The molecule has 4 nitrogen and oxygen atoms in total. The number of nitrogens with zero attached hydrogens (tertiary/aromatic N) is 2. The highest BCUT2D eigenvalue weighted by Crippen LogP contribution is 2.13. The van der Waals surface area contributed by atoms with E-state index in [1.54, 1.807) is 0 Å². The van der Waals surface area contributed by atoms with Crippen molar-refractivity contribution in [1.29, 1.82) is 0 Å². The highest BCUT2D eigenvalue weighted by molar-refractivity contribution is 5.76. The van der Waals surface area contributed by atoms with E-state index in [0.717, 1.165) is 30.5 Å². The van der Waals surface area contributed by atoms with Gasteiger partial charge in [0.15, 0.2) is 6.54 Å². The first-order valence-electron chi connectivity index (χ1n) is 12.6. The summed E-state index contributed by atoms with van der Waals surface area (Å²) < 4.78 is 0.803. The number of carbonyl (C=O) groups is 1. The van der Waals surface area contributed by atoms with Crippen LogP contribution in [0, 0.1) is 0 Å². The maximum atomic E-state index is 12.1. The second-order valence-corrected chi connectivity index (χ2v) is 9.92. The molecular weight excluding hydrogens is 358 g/mol. The molecular formula is C25H54N3O+. The SMILES string of the molecule is CCCCCCCCCCCCCCCC[N+](C)(C)CC(=O)NCCCN(C)C. The van der Waals surface area contributed by atoms with Crippen molar-refractivity contribution in [2.75, 3.05) is 54.4 Å². The zero-order valence-corrected chi connectivity index (χ0v) is 20.7. The van der Waals surface area contributed by atoms with Crippen LogP contribution in [0.1, 0.15) is 103 Å². The minimum absolute atomic E-state index is 0.194. The van der Waals surface area contributed by atoms with Crippen LogP contribution < -0.4 is 5.32 Å².